The Balaban J connectivity index is 1.40. The second-order valence-electron chi connectivity index (χ2n) is 8.52. The number of aromatic nitrogens is 1. The number of carbonyl (C=O) groups is 1. The Morgan fingerprint density at radius 2 is 2.03 bits per heavy atom. The summed E-state index contributed by atoms with van der Waals surface area (Å²) >= 11 is 1.58. The molecule has 7 heteroatoms. The highest BCUT2D eigenvalue weighted by atomic mass is 32.1. The highest BCUT2D eigenvalue weighted by molar-refractivity contribution is 7.15. The molecule has 0 saturated carbocycles. The van der Waals surface area contributed by atoms with Crippen molar-refractivity contribution in [3.63, 3.8) is 0 Å². The molecule has 0 bridgehead atoms. The van der Waals surface area contributed by atoms with Crippen molar-refractivity contribution in [1.82, 2.24) is 9.88 Å². The third-order valence-corrected chi connectivity index (χ3v) is 7.47. The van der Waals surface area contributed by atoms with Crippen LogP contribution in [-0.4, -0.2) is 49.2 Å². The van der Waals surface area contributed by atoms with E-state index >= 15 is 0 Å². The second kappa shape index (κ2) is 9.06. The van der Waals surface area contributed by atoms with Gasteiger partial charge in [-0.1, -0.05) is 6.07 Å². The van der Waals surface area contributed by atoms with Gasteiger partial charge in [-0.3, -0.25) is 4.79 Å². The molecule has 3 aromatic rings. The van der Waals surface area contributed by atoms with Crippen LogP contribution in [0.15, 0.2) is 36.4 Å². The first-order valence-corrected chi connectivity index (χ1v) is 12.1. The van der Waals surface area contributed by atoms with Crippen molar-refractivity contribution in [2.24, 2.45) is 0 Å². The molecule has 1 atom stereocenters. The van der Waals surface area contributed by atoms with Gasteiger partial charge in [0.25, 0.3) is 5.91 Å². The standard InChI is InChI=1S/C26H28N2O4S/c1-16-27-24(25(33-16)19-7-9-21-18(15-19)10-12-32-21)26(29)28-11-4-5-20(28)13-17-6-8-22(30-2)23(14-17)31-3/h6-9,14-15,20H,4-5,10-13H2,1-3H3/t20-/m0/s1. The lowest BCUT2D eigenvalue weighted by molar-refractivity contribution is 0.0732. The van der Waals surface area contributed by atoms with E-state index in [2.05, 4.69) is 11.1 Å². The quantitative estimate of drug-likeness (QED) is 0.518. The molecule has 0 unspecified atom stereocenters. The molecule has 33 heavy (non-hydrogen) atoms. The maximum atomic E-state index is 13.7. The van der Waals surface area contributed by atoms with Gasteiger partial charge in [0, 0.05) is 19.0 Å². The average molecular weight is 465 g/mol. The molecule has 0 N–H and O–H groups in total. The molecule has 5 rings (SSSR count). The first kappa shape index (κ1) is 21.8. The van der Waals surface area contributed by atoms with Gasteiger partial charge < -0.3 is 19.1 Å². The third kappa shape index (κ3) is 4.17. The van der Waals surface area contributed by atoms with Crippen LogP contribution >= 0.6 is 11.3 Å². The van der Waals surface area contributed by atoms with Gasteiger partial charge in [0.1, 0.15) is 11.4 Å². The largest absolute Gasteiger partial charge is 0.493 e. The Morgan fingerprint density at radius 3 is 2.85 bits per heavy atom. The molecule has 1 amide bonds. The number of rotatable bonds is 6. The fraction of sp³-hybridized carbons (Fsp3) is 0.385. The van der Waals surface area contributed by atoms with E-state index in [4.69, 9.17) is 14.2 Å². The molecule has 0 radical (unpaired) electrons. The van der Waals surface area contributed by atoms with Gasteiger partial charge in [0.15, 0.2) is 11.5 Å². The van der Waals surface area contributed by atoms with Crippen molar-refractivity contribution in [1.29, 1.82) is 0 Å². The molecule has 1 saturated heterocycles. The van der Waals surface area contributed by atoms with Crippen molar-refractivity contribution in [2.45, 2.75) is 38.6 Å². The van der Waals surface area contributed by atoms with Gasteiger partial charge in [0.2, 0.25) is 0 Å². The van der Waals surface area contributed by atoms with E-state index in [1.54, 1.807) is 25.6 Å². The number of fused-ring (bicyclic) bond motifs is 1. The van der Waals surface area contributed by atoms with Crippen molar-refractivity contribution in [2.75, 3.05) is 27.4 Å². The highest BCUT2D eigenvalue weighted by Gasteiger charge is 2.33. The average Bonchev–Trinajstić information content (AvgIpc) is 3.57. The highest BCUT2D eigenvalue weighted by Crippen LogP contribution is 2.37. The Bertz CT molecular complexity index is 1190. The Kier molecular flexibility index (Phi) is 5.98. The van der Waals surface area contributed by atoms with Crippen molar-refractivity contribution in [3.05, 3.63) is 58.2 Å². The number of methoxy groups -OCH3 is 2. The van der Waals surface area contributed by atoms with Gasteiger partial charge >= 0.3 is 0 Å². The van der Waals surface area contributed by atoms with E-state index in [0.29, 0.717) is 17.2 Å². The predicted octanol–water partition coefficient (Wildman–Crippen LogP) is 4.92. The SMILES string of the molecule is COc1ccc(C[C@@H]2CCCN2C(=O)c2nc(C)sc2-c2ccc3c(c2)CCO3)cc1OC. The first-order valence-electron chi connectivity index (χ1n) is 11.3. The zero-order chi connectivity index (χ0) is 22.9. The maximum absolute atomic E-state index is 13.7. The summed E-state index contributed by atoms with van der Waals surface area (Å²) in [5.41, 5.74) is 3.94. The van der Waals surface area contributed by atoms with Crippen molar-refractivity contribution in [3.8, 4) is 27.7 Å². The lowest BCUT2D eigenvalue weighted by Crippen LogP contribution is -2.37. The van der Waals surface area contributed by atoms with Crippen molar-refractivity contribution < 1.29 is 19.0 Å². The zero-order valence-corrected chi connectivity index (χ0v) is 20.0. The van der Waals surface area contributed by atoms with Gasteiger partial charge in [0.05, 0.1) is 30.7 Å². The molecule has 172 valence electrons. The summed E-state index contributed by atoms with van der Waals surface area (Å²) in [7, 11) is 3.28. The van der Waals surface area contributed by atoms with Crippen LogP contribution in [0.3, 0.4) is 0 Å². The van der Waals surface area contributed by atoms with E-state index in [9.17, 15) is 4.79 Å². The van der Waals surface area contributed by atoms with Crippen LogP contribution in [0.1, 0.15) is 39.5 Å². The summed E-state index contributed by atoms with van der Waals surface area (Å²) < 4.78 is 16.5. The minimum Gasteiger partial charge on any atom is -0.493 e. The summed E-state index contributed by atoms with van der Waals surface area (Å²) in [6.07, 6.45) is 3.66. The number of hydrogen-bond acceptors (Lipinski definition) is 6. The van der Waals surface area contributed by atoms with Gasteiger partial charge in [-0.25, -0.2) is 4.98 Å². The molecule has 2 aliphatic heterocycles. The number of nitrogens with zero attached hydrogens (tertiary/aromatic N) is 2. The molecule has 3 heterocycles. The van der Waals surface area contributed by atoms with Crippen LogP contribution in [0.4, 0.5) is 0 Å². The first-order chi connectivity index (χ1) is 16.1. The number of likely N-dealkylation sites (tertiary alicyclic amines) is 1. The van der Waals surface area contributed by atoms with Gasteiger partial charge in [-0.15, -0.1) is 11.3 Å². The summed E-state index contributed by atoms with van der Waals surface area (Å²) in [5, 5.41) is 0.903. The minimum absolute atomic E-state index is 0.0223. The van der Waals surface area contributed by atoms with Gasteiger partial charge in [-0.2, -0.15) is 0 Å². The molecule has 0 spiro atoms. The monoisotopic (exact) mass is 464 g/mol. The van der Waals surface area contributed by atoms with E-state index in [-0.39, 0.29) is 11.9 Å². The number of amides is 1. The Labute approximate surface area is 198 Å². The van der Waals surface area contributed by atoms with Crippen LogP contribution in [0.25, 0.3) is 10.4 Å². The molecule has 1 aromatic heterocycles. The summed E-state index contributed by atoms with van der Waals surface area (Å²) in [6.45, 7) is 3.44. The molecule has 1 fully saturated rings. The second-order valence-corrected chi connectivity index (χ2v) is 9.72. The number of benzene rings is 2. The van der Waals surface area contributed by atoms with E-state index in [0.717, 1.165) is 65.6 Å². The molecular formula is C26H28N2O4S. The lowest BCUT2D eigenvalue weighted by Gasteiger charge is -2.25. The summed E-state index contributed by atoms with van der Waals surface area (Å²) in [5.74, 6) is 2.39. The number of carbonyl (C=O) groups excluding carboxylic acids is 1. The number of aryl methyl sites for hydroxylation is 1. The molecular weight excluding hydrogens is 436 g/mol. The van der Waals surface area contributed by atoms with Gasteiger partial charge in [-0.05, 0) is 73.2 Å². The van der Waals surface area contributed by atoms with Crippen LogP contribution in [0.2, 0.25) is 0 Å². The molecule has 2 aliphatic rings. The van der Waals surface area contributed by atoms with Crippen LogP contribution in [0.5, 0.6) is 17.2 Å². The number of thiazole rings is 1. The Hall–Kier alpha value is -3.06. The normalized spacial score (nSPS) is 17.1. The van der Waals surface area contributed by atoms with Crippen LogP contribution in [-0.2, 0) is 12.8 Å². The van der Waals surface area contributed by atoms with Crippen LogP contribution in [0, 0.1) is 6.92 Å². The fourth-order valence-corrected chi connectivity index (χ4v) is 5.73. The van der Waals surface area contributed by atoms with E-state index < -0.39 is 0 Å². The molecule has 6 nitrogen and oxygen atoms in total. The fourth-order valence-electron chi connectivity index (χ4n) is 4.83. The smallest absolute Gasteiger partial charge is 0.274 e. The van der Waals surface area contributed by atoms with E-state index in [1.165, 1.54) is 5.56 Å². The zero-order valence-electron chi connectivity index (χ0n) is 19.2. The lowest BCUT2D eigenvalue weighted by atomic mass is 10.0. The topological polar surface area (TPSA) is 60.9 Å². The number of hydrogen-bond donors (Lipinski definition) is 0. The maximum Gasteiger partial charge on any atom is 0.274 e. The number of ether oxygens (including phenoxy) is 3. The summed E-state index contributed by atoms with van der Waals surface area (Å²) in [4.78, 5) is 21.3. The van der Waals surface area contributed by atoms with Crippen LogP contribution < -0.4 is 14.2 Å². The third-order valence-electron chi connectivity index (χ3n) is 6.45. The predicted molar refractivity (Wildman–Crippen MR) is 129 cm³/mol. The summed E-state index contributed by atoms with van der Waals surface area (Å²) in [6, 6.07) is 12.3. The Morgan fingerprint density at radius 1 is 1.18 bits per heavy atom. The minimum atomic E-state index is 0.0223. The molecule has 2 aromatic carbocycles. The van der Waals surface area contributed by atoms with Crippen molar-refractivity contribution >= 4 is 17.2 Å². The molecule has 0 aliphatic carbocycles. The van der Waals surface area contributed by atoms with E-state index in [1.807, 2.05) is 42.2 Å².